The van der Waals surface area contributed by atoms with Crippen LogP contribution in [0.2, 0.25) is 0 Å². The van der Waals surface area contributed by atoms with Gasteiger partial charge in [0.15, 0.2) is 0 Å². The molecule has 0 bridgehead atoms. The van der Waals surface area contributed by atoms with Gasteiger partial charge in [0, 0.05) is 0 Å². The number of methoxy groups -OCH3 is 1. The molecule has 1 aromatic carbocycles. The molecule has 11 nitrogen and oxygen atoms in total. The first-order valence-electron chi connectivity index (χ1n) is 9.72. The molecule has 12 heteroatoms. The molecule has 0 aliphatic rings. The van der Waals surface area contributed by atoms with Crippen molar-refractivity contribution >= 4 is 38.6 Å². The summed E-state index contributed by atoms with van der Waals surface area (Å²) in [6.07, 6.45) is 0.00918. The molecular weight excluding hydrogens is 541 g/mol. The molecule has 0 aliphatic carbocycles. The van der Waals surface area contributed by atoms with E-state index in [9.17, 15) is 14.4 Å². The molecule has 0 aliphatic heterocycles. The number of ether oxygens (including phenoxy) is 5. The fourth-order valence-corrected chi connectivity index (χ4v) is 5.42. The van der Waals surface area contributed by atoms with Crippen molar-refractivity contribution in [3.63, 3.8) is 0 Å². The van der Waals surface area contributed by atoms with Crippen LogP contribution in [0.4, 0.5) is 0 Å². The first-order chi connectivity index (χ1) is 15.2. The van der Waals surface area contributed by atoms with Gasteiger partial charge in [-0.05, 0) is 0 Å². The van der Waals surface area contributed by atoms with Crippen LogP contribution < -0.4 is 15.2 Å². The molecule has 0 heterocycles. The van der Waals surface area contributed by atoms with Gasteiger partial charge in [-0.2, -0.15) is 0 Å². The van der Waals surface area contributed by atoms with E-state index in [1.54, 1.807) is 6.07 Å². The molecule has 1 rings (SSSR count). The number of nitrogens with two attached hydrogens (primary N) is 1. The summed E-state index contributed by atoms with van der Waals surface area (Å²) in [7, 11) is 1.22. The molecule has 2 N–H and O–H groups in total. The Balaban J connectivity index is 3.51. The fourth-order valence-electron chi connectivity index (χ4n) is 2.25. The van der Waals surface area contributed by atoms with Crippen molar-refractivity contribution in [2.45, 2.75) is 40.2 Å². The number of rotatable bonds is 14. The van der Waals surface area contributed by atoms with E-state index in [4.69, 9.17) is 35.6 Å². The third kappa shape index (κ3) is 9.54. The summed E-state index contributed by atoms with van der Waals surface area (Å²) in [5.41, 5.74) is 6.43. The Kier molecular flexibility index (Phi) is 12.9. The summed E-state index contributed by atoms with van der Waals surface area (Å²) in [6, 6.07) is 2.10. The second-order valence-corrected chi connectivity index (χ2v) is 9.37. The van der Waals surface area contributed by atoms with Crippen molar-refractivity contribution in [1.82, 2.24) is 0 Å². The van der Waals surface area contributed by atoms with Crippen LogP contribution in [-0.2, 0) is 41.1 Å². The van der Waals surface area contributed by atoms with Crippen molar-refractivity contribution in [1.29, 1.82) is 0 Å². The number of benzene rings is 1. The van der Waals surface area contributed by atoms with Gasteiger partial charge in [-0.15, -0.1) is 0 Å². The first kappa shape index (κ1) is 27.9. The van der Waals surface area contributed by atoms with E-state index in [1.165, 1.54) is 27.0 Å². The van der Waals surface area contributed by atoms with E-state index in [0.29, 0.717) is 22.3 Å². The van der Waals surface area contributed by atoms with E-state index in [1.807, 2.05) is 13.8 Å². The Bertz CT molecular complexity index is 757. The summed E-state index contributed by atoms with van der Waals surface area (Å²) >= 11 is -3.30. The average Bonchev–Trinajstić information content (AvgIpc) is 2.73. The maximum atomic E-state index is 11.9. The maximum absolute atomic E-state index is 11.9. The molecule has 0 saturated carbocycles. The first-order valence-corrected chi connectivity index (χ1v) is 12.6. The molecule has 0 radical (unpaired) electrons. The second-order valence-electron chi connectivity index (χ2n) is 6.09. The standard InChI is InChI=1S/C20H30INO10/c1-6-27-11-29-18-9-15(8-17(22)20(25)26-5)16(10-19(18)30-12-28-7-2)21(31-13(3)23)32-14(4)24/h9-10,17H,6-8,11-12,22H2,1-5H3/t17-/m0/s1. The van der Waals surface area contributed by atoms with Gasteiger partial charge in [-0.1, -0.05) is 0 Å². The number of halogens is 1. The van der Waals surface area contributed by atoms with Gasteiger partial charge in [0.2, 0.25) is 0 Å². The fraction of sp³-hybridized carbons (Fsp3) is 0.550. The normalized spacial score (nSPS) is 11.9. The Labute approximate surface area is 195 Å². The van der Waals surface area contributed by atoms with Gasteiger partial charge < -0.3 is 0 Å². The monoisotopic (exact) mass is 571 g/mol. The number of carbonyl (C=O) groups excluding carboxylic acids is 3. The van der Waals surface area contributed by atoms with E-state index in [2.05, 4.69) is 0 Å². The van der Waals surface area contributed by atoms with Crippen LogP contribution in [0.15, 0.2) is 12.1 Å². The molecule has 1 aromatic rings. The van der Waals surface area contributed by atoms with E-state index < -0.39 is 44.6 Å². The molecule has 0 fully saturated rings. The number of hydrogen-bond donors (Lipinski definition) is 1. The number of hydrogen-bond acceptors (Lipinski definition) is 11. The minimum atomic E-state index is -3.30. The SMILES string of the molecule is CCOCOc1cc(C[C@H](N)C(=O)OC)c(I(OC(C)=O)OC(C)=O)cc1OCOCC. The van der Waals surface area contributed by atoms with Gasteiger partial charge in [0.25, 0.3) is 0 Å². The minimum absolute atomic E-state index is 0.00918. The van der Waals surface area contributed by atoms with Crippen LogP contribution in [0.5, 0.6) is 11.5 Å². The Morgan fingerprint density at radius 3 is 1.88 bits per heavy atom. The average molecular weight is 571 g/mol. The summed E-state index contributed by atoms with van der Waals surface area (Å²) in [6.45, 7) is 6.77. The van der Waals surface area contributed by atoms with Crippen LogP contribution in [0, 0.1) is 3.57 Å². The molecule has 0 spiro atoms. The zero-order valence-corrected chi connectivity index (χ0v) is 21.0. The predicted molar refractivity (Wildman–Crippen MR) is 121 cm³/mol. The van der Waals surface area contributed by atoms with Crippen LogP contribution in [-0.4, -0.2) is 57.9 Å². The molecule has 0 amide bonds. The van der Waals surface area contributed by atoms with Crippen LogP contribution in [0.25, 0.3) is 0 Å². The molecule has 0 aromatic heterocycles. The molecule has 182 valence electrons. The Morgan fingerprint density at radius 1 is 0.938 bits per heavy atom. The van der Waals surface area contributed by atoms with Gasteiger partial charge in [-0.25, -0.2) is 0 Å². The van der Waals surface area contributed by atoms with E-state index in [0.717, 1.165) is 0 Å². The quantitative estimate of drug-likeness (QED) is 0.152. The van der Waals surface area contributed by atoms with Crippen LogP contribution in [0.1, 0.15) is 33.3 Å². The van der Waals surface area contributed by atoms with Crippen LogP contribution in [0.3, 0.4) is 0 Å². The number of esters is 1. The molecular formula is C20H30INO10. The summed E-state index contributed by atoms with van der Waals surface area (Å²) < 4.78 is 37.6. The molecule has 1 atom stereocenters. The van der Waals surface area contributed by atoms with Gasteiger partial charge >= 0.3 is 195 Å². The molecule has 0 unspecified atom stereocenters. The van der Waals surface area contributed by atoms with Crippen molar-refractivity contribution in [2.24, 2.45) is 5.73 Å². The van der Waals surface area contributed by atoms with Crippen molar-refractivity contribution in [2.75, 3.05) is 33.9 Å². The van der Waals surface area contributed by atoms with E-state index in [-0.39, 0.29) is 31.5 Å². The van der Waals surface area contributed by atoms with Crippen molar-refractivity contribution in [3.05, 3.63) is 21.3 Å². The zero-order valence-electron chi connectivity index (χ0n) is 18.8. The summed E-state index contributed by atoms with van der Waals surface area (Å²) in [5, 5.41) is 0. The molecule has 0 saturated heterocycles. The van der Waals surface area contributed by atoms with E-state index >= 15 is 0 Å². The van der Waals surface area contributed by atoms with Gasteiger partial charge in [-0.3, -0.25) is 0 Å². The van der Waals surface area contributed by atoms with Gasteiger partial charge in [0.1, 0.15) is 0 Å². The molecule has 32 heavy (non-hydrogen) atoms. The van der Waals surface area contributed by atoms with Crippen molar-refractivity contribution in [3.8, 4) is 11.5 Å². The van der Waals surface area contributed by atoms with Crippen LogP contribution >= 0.6 is 20.6 Å². The third-order valence-corrected chi connectivity index (χ3v) is 7.58. The summed E-state index contributed by atoms with van der Waals surface area (Å²) in [5.74, 6) is -1.33. The number of carbonyl (C=O) groups is 3. The Morgan fingerprint density at radius 2 is 1.44 bits per heavy atom. The third-order valence-electron chi connectivity index (χ3n) is 3.58. The topological polar surface area (TPSA) is 142 Å². The second kappa shape index (κ2) is 14.8. The predicted octanol–water partition coefficient (Wildman–Crippen LogP) is 2.11. The Hall–Kier alpha value is -2.16. The van der Waals surface area contributed by atoms with Gasteiger partial charge in [0.05, 0.1) is 0 Å². The zero-order chi connectivity index (χ0) is 24.1. The summed E-state index contributed by atoms with van der Waals surface area (Å²) in [4.78, 5) is 35.2. The van der Waals surface area contributed by atoms with Crippen molar-refractivity contribution < 1.29 is 44.2 Å².